The number of nitrogens with zero attached hydrogens (tertiary/aromatic N) is 1. The van der Waals surface area contributed by atoms with Crippen molar-refractivity contribution < 1.29 is 8.42 Å². The first-order chi connectivity index (χ1) is 9.01. The normalized spacial score (nSPS) is 23.8. The van der Waals surface area contributed by atoms with E-state index in [0.29, 0.717) is 11.5 Å². The van der Waals surface area contributed by atoms with Gasteiger partial charge in [-0.2, -0.15) is 5.26 Å². The lowest BCUT2D eigenvalue weighted by molar-refractivity contribution is 0.382. The molecule has 2 atom stereocenters. The topological polar surface area (TPSA) is 57.9 Å². The van der Waals surface area contributed by atoms with Crippen molar-refractivity contribution in [3.63, 3.8) is 0 Å². The molecule has 3 nitrogen and oxygen atoms in total. The smallest absolute Gasteiger partial charge is 0.157 e. The second-order valence-corrected chi connectivity index (χ2v) is 7.79. The predicted molar refractivity (Wildman–Crippen MR) is 75.2 cm³/mol. The predicted octanol–water partition coefficient (Wildman–Crippen LogP) is 3.05. The fourth-order valence-electron chi connectivity index (χ4n) is 2.73. The molecule has 1 saturated carbocycles. The van der Waals surface area contributed by atoms with Crippen molar-refractivity contribution in [1.29, 1.82) is 5.26 Å². The molecule has 1 aromatic carbocycles. The average molecular weight is 277 g/mol. The molecule has 0 saturated heterocycles. The first-order valence-corrected chi connectivity index (χ1v) is 8.43. The quantitative estimate of drug-likeness (QED) is 0.853. The van der Waals surface area contributed by atoms with Crippen LogP contribution in [0.4, 0.5) is 0 Å². The zero-order valence-corrected chi connectivity index (χ0v) is 12.0. The Hall–Kier alpha value is -1.34. The van der Waals surface area contributed by atoms with Crippen LogP contribution in [0.1, 0.15) is 43.7 Å². The Balaban J connectivity index is 2.09. The van der Waals surface area contributed by atoms with Gasteiger partial charge in [0, 0.05) is 0 Å². The van der Waals surface area contributed by atoms with Gasteiger partial charge in [0.2, 0.25) is 0 Å². The summed E-state index contributed by atoms with van der Waals surface area (Å²) in [5, 5.41) is 8.54. The standard InChI is InChI=1S/C15H19NO2S/c1-12-3-2-4-15(9-12)19(17,18)11-14-7-5-13(10-16)6-8-14/h5-8,12,15H,2-4,9,11H2,1H3. The molecular formula is C15H19NO2S. The summed E-state index contributed by atoms with van der Waals surface area (Å²) >= 11 is 0. The van der Waals surface area contributed by atoms with Crippen molar-refractivity contribution in [2.75, 3.05) is 0 Å². The van der Waals surface area contributed by atoms with Crippen LogP contribution < -0.4 is 0 Å². The zero-order valence-electron chi connectivity index (χ0n) is 11.2. The summed E-state index contributed by atoms with van der Waals surface area (Å²) in [6.45, 7) is 2.13. The molecule has 0 heterocycles. The second kappa shape index (κ2) is 5.75. The molecule has 0 radical (unpaired) electrons. The van der Waals surface area contributed by atoms with E-state index in [1.165, 1.54) is 0 Å². The molecule has 1 aromatic rings. The van der Waals surface area contributed by atoms with Crippen LogP contribution in [0.3, 0.4) is 0 Å². The zero-order chi connectivity index (χ0) is 13.9. The van der Waals surface area contributed by atoms with Gasteiger partial charge in [0.1, 0.15) is 0 Å². The molecule has 2 unspecified atom stereocenters. The highest BCUT2D eigenvalue weighted by molar-refractivity contribution is 7.91. The van der Waals surface area contributed by atoms with E-state index in [1.54, 1.807) is 24.3 Å². The van der Waals surface area contributed by atoms with E-state index in [-0.39, 0.29) is 11.0 Å². The summed E-state index contributed by atoms with van der Waals surface area (Å²) in [4.78, 5) is 0. The van der Waals surface area contributed by atoms with Crippen molar-refractivity contribution in [2.24, 2.45) is 5.92 Å². The van der Waals surface area contributed by atoms with Gasteiger partial charge in [-0.1, -0.05) is 31.9 Å². The Labute approximate surface area is 115 Å². The number of hydrogen-bond acceptors (Lipinski definition) is 3. The van der Waals surface area contributed by atoms with E-state index < -0.39 is 9.84 Å². The van der Waals surface area contributed by atoms with Crippen LogP contribution in [0.15, 0.2) is 24.3 Å². The molecule has 0 amide bonds. The van der Waals surface area contributed by atoms with E-state index in [2.05, 4.69) is 6.92 Å². The minimum absolute atomic E-state index is 0.0933. The Morgan fingerprint density at radius 1 is 1.26 bits per heavy atom. The maximum absolute atomic E-state index is 12.4. The molecule has 102 valence electrons. The Morgan fingerprint density at radius 3 is 2.53 bits per heavy atom. The Kier molecular flexibility index (Phi) is 4.26. The fourth-order valence-corrected chi connectivity index (χ4v) is 4.77. The van der Waals surface area contributed by atoms with Crippen molar-refractivity contribution in [1.82, 2.24) is 0 Å². The van der Waals surface area contributed by atoms with E-state index in [9.17, 15) is 8.42 Å². The third-order valence-corrected chi connectivity index (χ3v) is 6.03. The number of hydrogen-bond donors (Lipinski definition) is 0. The van der Waals surface area contributed by atoms with Gasteiger partial charge in [0.25, 0.3) is 0 Å². The third-order valence-electron chi connectivity index (χ3n) is 3.85. The highest BCUT2D eigenvalue weighted by atomic mass is 32.2. The van der Waals surface area contributed by atoms with E-state index in [4.69, 9.17) is 5.26 Å². The first kappa shape index (κ1) is 14.1. The summed E-state index contributed by atoms with van der Waals surface area (Å²) in [6.07, 6.45) is 3.74. The molecule has 1 aliphatic rings. The fraction of sp³-hybridized carbons (Fsp3) is 0.533. The van der Waals surface area contributed by atoms with Crippen molar-refractivity contribution >= 4 is 9.84 Å². The van der Waals surface area contributed by atoms with Crippen LogP contribution in [0, 0.1) is 17.2 Å². The van der Waals surface area contributed by atoms with Gasteiger partial charge in [0.15, 0.2) is 9.84 Å². The number of nitriles is 1. The van der Waals surface area contributed by atoms with E-state index >= 15 is 0 Å². The summed E-state index contributed by atoms with van der Waals surface area (Å²) in [5.41, 5.74) is 1.34. The second-order valence-electron chi connectivity index (χ2n) is 5.51. The van der Waals surface area contributed by atoms with Gasteiger partial charge in [-0.15, -0.1) is 0 Å². The maximum atomic E-state index is 12.4. The van der Waals surface area contributed by atoms with Gasteiger partial charge < -0.3 is 0 Å². The molecule has 2 rings (SSSR count). The molecule has 0 spiro atoms. The van der Waals surface area contributed by atoms with Crippen LogP contribution in [0.2, 0.25) is 0 Å². The van der Waals surface area contributed by atoms with E-state index in [0.717, 1.165) is 31.2 Å². The number of sulfone groups is 1. The molecule has 0 aliphatic heterocycles. The molecular weight excluding hydrogens is 258 g/mol. The van der Waals surface area contributed by atoms with Gasteiger partial charge in [0.05, 0.1) is 22.6 Å². The number of rotatable bonds is 3. The molecule has 1 aliphatic carbocycles. The highest BCUT2D eigenvalue weighted by Gasteiger charge is 2.30. The average Bonchev–Trinajstić information content (AvgIpc) is 2.39. The lowest BCUT2D eigenvalue weighted by atomic mass is 9.91. The van der Waals surface area contributed by atoms with Crippen molar-refractivity contribution in [3.8, 4) is 6.07 Å². The Bertz CT molecular complexity index is 569. The SMILES string of the molecule is CC1CCCC(S(=O)(=O)Cc2ccc(C#N)cc2)C1. The molecule has 0 N–H and O–H groups in total. The summed E-state index contributed by atoms with van der Waals surface area (Å²) in [6, 6.07) is 8.86. The molecule has 1 fully saturated rings. The van der Waals surface area contributed by atoms with Crippen LogP contribution in [0.5, 0.6) is 0 Å². The van der Waals surface area contributed by atoms with Gasteiger partial charge >= 0.3 is 0 Å². The summed E-state index contributed by atoms with van der Waals surface area (Å²) in [5.74, 6) is 0.602. The van der Waals surface area contributed by atoms with Gasteiger partial charge in [-0.25, -0.2) is 8.42 Å². The van der Waals surface area contributed by atoms with Crippen LogP contribution in [-0.2, 0) is 15.6 Å². The minimum atomic E-state index is -3.07. The van der Waals surface area contributed by atoms with Crippen molar-refractivity contribution in [2.45, 2.75) is 43.6 Å². The van der Waals surface area contributed by atoms with Gasteiger partial charge in [-0.3, -0.25) is 0 Å². The molecule has 4 heteroatoms. The largest absolute Gasteiger partial charge is 0.228 e. The van der Waals surface area contributed by atoms with Crippen LogP contribution >= 0.6 is 0 Å². The van der Waals surface area contributed by atoms with Gasteiger partial charge in [-0.05, 0) is 36.5 Å². The minimum Gasteiger partial charge on any atom is -0.228 e. The van der Waals surface area contributed by atoms with Crippen molar-refractivity contribution in [3.05, 3.63) is 35.4 Å². The first-order valence-electron chi connectivity index (χ1n) is 6.72. The molecule has 19 heavy (non-hydrogen) atoms. The summed E-state index contributed by atoms with van der Waals surface area (Å²) in [7, 11) is -3.07. The third kappa shape index (κ3) is 3.57. The monoisotopic (exact) mass is 277 g/mol. The van der Waals surface area contributed by atoms with Crippen LogP contribution in [-0.4, -0.2) is 13.7 Å². The highest BCUT2D eigenvalue weighted by Crippen LogP contribution is 2.30. The summed E-state index contributed by atoms with van der Waals surface area (Å²) < 4.78 is 24.8. The number of benzene rings is 1. The maximum Gasteiger partial charge on any atom is 0.157 e. The Morgan fingerprint density at radius 2 is 1.95 bits per heavy atom. The lowest BCUT2D eigenvalue weighted by Gasteiger charge is -2.26. The molecule has 0 bridgehead atoms. The van der Waals surface area contributed by atoms with E-state index in [1.807, 2.05) is 6.07 Å². The van der Waals surface area contributed by atoms with Crippen LogP contribution in [0.25, 0.3) is 0 Å². The lowest BCUT2D eigenvalue weighted by Crippen LogP contribution is -2.28. The molecule has 0 aromatic heterocycles.